The highest BCUT2D eigenvalue weighted by Gasteiger charge is 2.28. The van der Waals surface area contributed by atoms with E-state index in [-0.39, 0.29) is 0 Å². The second-order valence-corrected chi connectivity index (χ2v) is 6.36. The van der Waals surface area contributed by atoms with Gasteiger partial charge in [0.15, 0.2) is 0 Å². The third kappa shape index (κ3) is 2.90. The molecule has 2 saturated heterocycles. The maximum Gasteiger partial charge on any atom is 0.0153 e. The first-order valence-electron chi connectivity index (χ1n) is 6.11. The monoisotopic (exact) mass is 213 g/mol. The molecule has 0 bridgehead atoms. The lowest BCUT2D eigenvalue weighted by Crippen LogP contribution is -2.36. The van der Waals surface area contributed by atoms with Crippen molar-refractivity contribution in [3.05, 3.63) is 0 Å². The molecule has 0 saturated carbocycles. The molecule has 0 aromatic rings. The summed E-state index contributed by atoms with van der Waals surface area (Å²) in [6.07, 6.45) is 8.58. The van der Waals surface area contributed by atoms with Crippen LogP contribution in [-0.4, -0.2) is 23.6 Å². The lowest BCUT2D eigenvalue weighted by Gasteiger charge is -2.28. The summed E-state index contributed by atoms with van der Waals surface area (Å²) in [5, 5.41) is 3.67. The van der Waals surface area contributed by atoms with Gasteiger partial charge in [-0.2, -0.15) is 11.8 Å². The van der Waals surface area contributed by atoms with Gasteiger partial charge in [-0.05, 0) is 69.4 Å². The minimum Gasteiger partial charge on any atom is -0.312 e. The summed E-state index contributed by atoms with van der Waals surface area (Å²) < 4.78 is 0. The summed E-state index contributed by atoms with van der Waals surface area (Å²) in [5.41, 5.74) is 0.488. The van der Waals surface area contributed by atoms with Gasteiger partial charge in [-0.15, -0.1) is 0 Å². The molecule has 0 aliphatic carbocycles. The van der Waals surface area contributed by atoms with Crippen molar-refractivity contribution in [2.45, 2.75) is 51.0 Å². The van der Waals surface area contributed by atoms with Crippen LogP contribution in [0, 0.1) is 5.92 Å². The lowest BCUT2D eigenvalue weighted by atomic mass is 9.88. The molecule has 14 heavy (non-hydrogen) atoms. The number of nitrogens with one attached hydrogen (secondary N) is 1. The van der Waals surface area contributed by atoms with Crippen molar-refractivity contribution in [2.24, 2.45) is 5.92 Å². The number of rotatable bonds is 3. The van der Waals surface area contributed by atoms with E-state index in [2.05, 4.69) is 24.0 Å². The van der Waals surface area contributed by atoms with Gasteiger partial charge in [0.05, 0.1) is 0 Å². The lowest BCUT2D eigenvalue weighted by molar-refractivity contribution is 0.333. The molecule has 0 radical (unpaired) electrons. The van der Waals surface area contributed by atoms with Gasteiger partial charge < -0.3 is 5.32 Å². The van der Waals surface area contributed by atoms with Crippen molar-refractivity contribution in [1.82, 2.24) is 5.32 Å². The van der Waals surface area contributed by atoms with Gasteiger partial charge in [-0.3, -0.25) is 0 Å². The predicted octanol–water partition coefficient (Wildman–Crippen LogP) is 3.05. The Labute approximate surface area is 92.4 Å². The third-order valence-electron chi connectivity index (χ3n) is 3.82. The van der Waals surface area contributed by atoms with Crippen LogP contribution in [0.4, 0.5) is 0 Å². The molecule has 1 N–H and O–H groups in total. The van der Waals surface area contributed by atoms with Crippen LogP contribution in [0.1, 0.15) is 45.4 Å². The Morgan fingerprint density at radius 3 is 3.00 bits per heavy atom. The van der Waals surface area contributed by atoms with Crippen LogP contribution in [0.3, 0.4) is 0 Å². The highest BCUT2D eigenvalue weighted by atomic mass is 32.2. The van der Waals surface area contributed by atoms with Crippen molar-refractivity contribution in [1.29, 1.82) is 0 Å². The van der Waals surface area contributed by atoms with Crippen molar-refractivity contribution < 1.29 is 0 Å². The minimum atomic E-state index is 0.488. The van der Waals surface area contributed by atoms with Crippen LogP contribution in [0.5, 0.6) is 0 Å². The van der Waals surface area contributed by atoms with Crippen LogP contribution in [-0.2, 0) is 0 Å². The Morgan fingerprint density at radius 1 is 1.43 bits per heavy atom. The molecular formula is C12H23NS. The normalized spacial score (nSPS) is 38.8. The van der Waals surface area contributed by atoms with Crippen molar-refractivity contribution in [3.8, 4) is 0 Å². The van der Waals surface area contributed by atoms with E-state index in [9.17, 15) is 0 Å². The first-order chi connectivity index (χ1) is 6.79. The van der Waals surface area contributed by atoms with Crippen molar-refractivity contribution >= 4 is 11.8 Å². The molecule has 2 aliphatic rings. The van der Waals surface area contributed by atoms with Gasteiger partial charge in [-0.1, -0.05) is 0 Å². The Kier molecular flexibility index (Phi) is 3.78. The van der Waals surface area contributed by atoms with E-state index in [1.54, 1.807) is 0 Å². The van der Waals surface area contributed by atoms with Gasteiger partial charge in [-0.25, -0.2) is 0 Å². The molecule has 2 aliphatic heterocycles. The molecular weight excluding hydrogens is 190 g/mol. The van der Waals surface area contributed by atoms with Gasteiger partial charge in [0.2, 0.25) is 0 Å². The second-order valence-electron chi connectivity index (χ2n) is 5.21. The van der Waals surface area contributed by atoms with E-state index in [4.69, 9.17) is 0 Å². The fourth-order valence-corrected chi connectivity index (χ4v) is 3.93. The summed E-state index contributed by atoms with van der Waals surface area (Å²) in [5.74, 6) is 3.86. The van der Waals surface area contributed by atoms with Gasteiger partial charge in [0, 0.05) is 5.54 Å². The quantitative estimate of drug-likeness (QED) is 0.773. The molecule has 2 heterocycles. The number of thioether (sulfide) groups is 1. The van der Waals surface area contributed by atoms with E-state index in [0.29, 0.717) is 5.54 Å². The van der Waals surface area contributed by atoms with Crippen LogP contribution in [0.2, 0.25) is 0 Å². The van der Waals surface area contributed by atoms with Gasteiger partial charge >= 0.3 is 0 Å². The highest BCUT2D eigenvalue weighted by Crippen LogP contribution is 2.31. The van der Waals surface area contributed by atoms with Crippen LogP contribution in [0.15, 0.2) is 0 Å². The molecule has 82 valence electrons. The average molecular weight is 213 g/mol. The van der Waals surface area contributed by atoms with E-state index >= 15 is 0 Å². The summed E-state index contributed by atoms with van der Waals surface area (Å²) in [7, 11) is 0. The molecule has 1 nitrogen and oxygen atoms in total. The molecule has 0 aromatic heterocycles. The minimum absolute atomic E-state index is 0.488. The van der Waals surface area contributed by atoms with Gasteiger partial charge in [0.1, 0.15) is 0 Å². The van der Waals surface area contributed by atoms with E-state index in [1.165, 1.54) is 56.6 Å². The van der Waals surface area contributed by atoms with E-state index < -0.39 is 0 Å². The SMILES string of the molecule is CC1(CCC2CCCSC2)CCCN1. The molecule has 2 rings (SSSR count). The third-order valence-corrected chi connectivity index (χ3v) is 5.10. The fourth-order valence-electron chi connectivity index (χ4n) is 2.73. The molecule has 2 heteroatoms. The number of hydrogen-bond donors (Lipinski definition) is 1. The topological polar surface area (TPSA) is 12.0 Å². The second kappa shape index (κ2) is 4.89. The van der Waals surface area contributed by atoms with Crippen LogP contribution < -0.4 is 5.32 Å². The molecule has 0 spiro atoms. The number of hydrogen-bond acceptors (Lipinski definition) is 2. The first-order valence-corrected chi connectivity index (χ1v) is 7.27. The Morgan fingerprint density at radius 2 is 2.36 bits per heavy atom. The Bertz CT molecular complexity index is 169. The average Bonchev–Trinajstić information content (AvgIpc) is 2.65. The molecule has 0 aromatic carbocycles. The summed E-state index contributed by atoms with van der Waals surface area (Å²) >= 11 is 2.16. The first kappa shape index (κ1) is 10.8. The van der Waals surface area contributed by atoms with E-state index in [0.717, 1.165) is 5.92 Å². The molecule has 2 unspecified atom stereocenters. The summed E-state index contributed by atoms with van der Waals surface area (Å²) in [4.78, 5) is 0. The standard InChI is InChI=1S/C12H23NS/c1-12(6-3-8-13-12)7-5-11-4-2-9-14-10-11/h11,13H,2-10H2,1H3. The largest absolute Gasteiger partial charge is 0.312 e. The summed E-state index contributed by atoms with van der Waals surface area (Å²) in [6, 6.07) is 0. The molecule has 2 atom stereocenters. The Hall–Kier alpha value is 0.310. The highest BCUT2D eigenvalue weighted by molar-refractivity contribution is 7.99. The van der Waals surface area contributed by atoms with Crippen molar-refractivity contribution in [2.75, 3.05) is 18.1 Å². The maximum absolute atomic E-state index is 3.67. The summed E-state index contributed by atoms with van der Waals surface area (Å²) in [6.45, 7) is 3.66. The zero-order valence-corrected chi connectivity index (χ0v) is 10.2. The maximum atomic E-state index is 3.67. The Balaban J connectivity index is 1.70. The molecule has 0 amide bonds. The van der Waals surface area contributed by atoms with E-state index in [1.807, 2.05) is 0 Å². The fraction of sp³-hybridized carbons (Fsp3) is 1.00. The van der Waals surface area contributed by atoms with Crippen LogP contribution >= 0.6 is 11.8 Å². The van der Waals surface area contributed by atoms with Gasteiger partial charge in [0.25, 0.3) is 0 Å². The molecule has 2 fully saturated rings. The van der Waals surface area contributed by atoms with Crippen molar-refractivity contribution in [3.63, 3.8) is 0 Å². The van der Waals surface area contributed by atoms with Crippen LogP contribution in [0.25, 0.3) is 0 Å². The predicted molar refractivity (Wildman–Crippen MR) is 64.9 cm³/mol. The zero-order chi connectivity index (χ0) is 9.86. The smallest absolute Gasteiger partial charge is 0.0153 e. The zero-order valence-electron chi connectivity index (χ0n) is 9.35.